The zero-order valence-electron chi connectivity index (χ0n) is 10.8. The molecule has 17 heavy (non-hydrogen) atoms. The molecular weight excluding hydrogens is 216 g/mol. The second kappa shape index (κ2) is 6.00. The lowest BCUT2D eigenvalue weighted by atomic mass is 10.2. The molecule has 1 N–H and O–H groups in total. The number of hydrogen-bond acceptors (Lipinski definition) is 5. The second-order valence-electron chi connectivity index (χ2n) is 4.68. The predicted molar refractivity (Wildman–Crippen MR) is 67.2 cm³/mol. The number of aryl methyl sites for hydroxylation is 1. The van der Waals surface area contributed by atoms with Crippen LogP contribution < -0.4 is 10.2 Å². The largest absolute Gasteiger partial charge is 0.338 e. The monoisotopic (exact) mass is 238 g/mol. The molecule has 1 aromatic heterocycles. The third-order valence-electron chi connectivity index (χ3n) is 3.19. The third-order valence-corrected chi connectivity index (χ3v) is 3.19. The summed E-state index contributed by atoms with van der Waals surface area (Å²) in [7, 11) is 0. The van der Waals surface area contributed by atoms with Gasteiger partial charge in [0, 0.05) is 25.6 Å². The maximum atomic E-state index is 5.28. The topological polar surface area (TPSA) is 54.2 Å². The highest BCUT2D eigenvalue weighted by Crippen LogP contribution is 2.16. The van der Waals surface area contributed by atoms with E-state index in [2.05, 4.69) is 34.2 Å². The van der Waals surface area contributed by atoms with Crippen molar-refractivity contribution in [1.29, 1.82) is 0 Å². The lowest BCUT2D eigenvalue weighted by molar-refractivity contribution is 0.367. The average Bonchev–Trinajstić information content (AvgIpc) is 2.97. The molecule has 1 unspecified atom stereocenters. The van der Waals surface area contributed by atoms with Crippen molar-refractivity contribution in [3.63, 3.8) is 0 Å². The van der Waals surface area contributed by atoms with Crippen LogP contribution in [0.5, 0.6) is 0 Å². The smallest absolute Gasteiger partial charge is 0.266 e. The fourth-order valence-electron chi connectivity index (χ4n) is 2.18. The van der Waals surface area contributed by atoms with Crippen LogP contribution in [0.1, 0.15) is 39.0 Å². The van der Waals surface area contributed by atoms with Gasteiger partial charge in [0.15, 0.2) is 0 Å². The SMILES string of the molecule is CCNC(C)CCc1nc(N2CCCC2)no1. The van der Waals surface area contributed by atoms with E-state index < -0.39 is 0 Å². The molecule has 0 radical (unpaired) electrons. The molecule has 1 atom stereocenters. The van der Waals surface area contributed by atoms with Crippen molar-refractivity contribution in [3.8, 4) is 0 Å². The Hall–Kier alpha value is -1.10. The Morgan fingerprint density at radius 3 is 2.88 bits per heavy atom. The van der Waals surface area contributed by atoms with Crippen molar-refractivity contribution >= 4 is 5.95 Å². The van der Waals surface area contributed by atoms with Crippen molar-refractivity contribution in [3.05, 3.63) is 5.89 Å². The first kappa shape index (κ1) is 12.4. The van der Waals surface area contributed by atoms with Gasteiger partial charge in [0.1, 0.15) is 0 Å². The Kier molecular flexibility index (Phi) is 4.36. The average molecular weight is 238 g/mol. The summed E-state index contributed by atoms with van der Waals surface area (Å²) >= 11 is 0. The maximum Gasteiger partial charge on any atom is 0.266 e. The van der Waals surface area contributed by atoms with Crippen LogP contribution in [-0.4, -0.2) is 35.8 Å². The summed E-state index contributed by atoms with van der Waals surface area (Å²) in [5, 5.41) is 7.42. The van der Waals surface area contributed by atoms with E-state index in [1.165, 1.54) is 12.8 Å². The molecule has 2 heterocycles. The molecule has 0 spiro atoms. The molecule has 5 heteroatoms. The van der Waals surface area contributed by atoms with Crippen LogP contribution in [0.3, 0.4) is 0 Å². The normalized spacial score (nSPS) is 17.6. The Bertz CT molecular complexity index is 333. The van der Waals surface area contributed by atoms with Crippen molar-refractivity contribution in [2.75, 3.05) is 24.5 Å². The standard InChI is InChI=1S/C12H22N4O/c1-3-13-10(2)6-7-11-14-12(15-17-11)16-8-4-5-9-16/h10,13H,3-9H2,1-2H3. The molecule has 1 aliphatic rings. The molecular formula is C12H22N4O. The van der Waals surface area contributed by atoms with Gasteiger partial charge in [-0.25, -0.2) is 0 Å². The number of hydrogen-bond donors (Lipinski definition) is 1. The summed E-state index contributed by atoms with van der Waals surface area (Å²) < 4.78 is 5.28. The quantitative estimate of drug-likeness (QED) is 0.816. The minimum absolute atomic E-state index is 0.502. The number of aromatic nitrogens is 2. The van der Waals surface area contributed by atoms with E-state index in [0.717, 1.165) is 44.3 Å². The van der Waals surface area contributed by atoms with Crippen molar-refractivity contribution in [1.82, 2.24) is 15.5 Å². The van der Waals surface area contributed by atoms with Gasteiger partial charge in [-0.05, 0) is 37.9 Å². The highest BCUT2D eigenvalue weighted by molar-refractivity contribution is 5.28. The molecule has 1 fully saturated rings. The first-order valence-corrected chi connectivity index (χ1v) is 6.60. The van der Waals surface area contributed by atoms with Gasteiger partial charge in [-0.15, -0.1) is 0 Å². The number of anilines is 1. The summed E-state index contributed by atoms with van der Waals surface area (Å²) in [4.78, 5) is 6.64. The van der Waals surface area contributed by atoms with Crippen molar-refractivity contribution < 1.29 is 4.52 Å². The van der Waals surface area contributed by atoms with E-state index in [4.69, 9.17) is 4.52 Å². The number of nitrogens with one attached hydrogen (secondary N) is 1. The van der Waals surface area contributed by atoms with Crippen LogP contribution in [0, 0.1) is 0 Å². The van der Waals surface area contributed by atoms with E-state index in [1.54, 1.807) is 0 Å². The zero-order chi connectivity index (χ0) is 12.1. The Balaban J connectivity index is 1.81. The summed E-state index contributed by atoms with van der Waals surface area (Å²) in [5.41, 5.74) is 0. The first-order chi connectivity index (χ1) is 8.29. The van der Waals surface area contributed by atoms with Crippen LogP contribution in [0.2, 0.25) is 0 Å². The molecule has 0 aliphatic carbocycles. The summed E-state index contributed by atoms with van der Waals surface area (Å²) in [6.45, 7) is 7.43. The van der Waals surface area contributed by atoms with Crippen molar-refractivity contribution in [2.24, 2.45) is 0 Å². The molecule has 96 valence electrons. The van der Waals surface area contributed by atoms with Gasteiger partial charge in [-0.1, -0.05) is 6.92 Å². The van der Waals surface area contributed by atoms with Gasteiger partial charge < -0.3 is 14.7 Å². The van der Waals surface area contributed by atoms with Gasteiger partial charge in [-0.3, -0.25) is 0 Å². The van der Waals surface area contributed by atoms with Gasteiger partial charge in [0.25, 0.3) is 5.95 Å². The zero-order valence-corrected chi connectivity index (χ0v) is 10.8. The Labute approximate surface area is 103 Å². The number of nitrogens with zero attached hydrogens (tertiary/aromatic N) is 3. The van der Waals surface area contributed by atoms with Gasteiger partial charge in [0.2, 0.25) is 5.89 Å². The van der Waals surface area contributed by atoms with Crippen LogP contribution in [0.25, 0.3) is 0 Å². The molecule has 5 nitrogen and oxygen atoms in total. The maximum absolute atomic E-state index is 5.28. The van der Waals surface area contributed by atoms with Crippen LogP contribution in [-0.2, 0) is 6.42 Å². The molecule has 0 saturated carbocycles. The minimum Gasteiger partial charge on any atom is -0.338 e. The third kappa shape index (κ3) is 3.43. The van der Waals surface area contributed by atoms with Crippen LogP contribution >= 0.6 is 0 Å². The van der Waals surface area contributed by atoms with Crippen LogP contribution in [0.4, 0.5) is 5.95 Å². The van der Waals surface area contributed by atoms with Gasteiger partial charge in [-0.2, -0.15) is 4.98 Å². The Morgan fingerprint density at radius 2 is 2.18 bits per heavy atom. The van der Waals surface area contributed by atoms with E-state index >= 15 is 0 Å². The van der Waals surface area contributed by atoms with E-state index in [0.29, 0.717) is 6.04 Å². The summed E-state index contributed by atoms with van der Waals surface area (Å²) in [6.07, 6.45) is 4.37. The molecule has 1 saturated heterocycles. The highest BCUT2D eigenvalue weighted by Gasteiger charge is 2.17. The predicted octanol–water partition coefficient (Wildman–Crippen LogP) is 1.60. The minimum atomic E-state index is 0.502. The summed E-state index contributed by atoms with van der Waals surface area (Å²) in [5.74, 6) is 1.53. The van der Waals surface area contributed by atoms with Gasteiger partial charge >= 0.3 is 0 Å². The van der Waals surface area contributed by atoms with E-state index in [9.17, 15) is 0 Å². The molecule has 2 rings (SSSR count). The second-order valence-corrected chi connectivity index (χ2v) is 4.68. The van der Waals surface area contributed by atoms with Gasteiger partial charge in [0.05, 0.1) is 0 Å². The molecule has 0 bridgehead atoms. The molecule has 1 aromatic rings. The summed E-state index contributed by atoms with van der Waals surface area (Å²) in [6, 6.07) is 0.502. The lowest BCUT2D eigenvalue weighted by Gasteiger charge is -2.10. The molecule has 1 aliphatic heterocycles. The van der Waals surface area contributed by atoms with Crippen molar-refractivity contribution in [2.45, 2.75) is 45.6 Å². The molecule has 0 aromatic carbocycles. The fourth-order valence-corrected chi connectivity index (χ4v) is 2.18. The fraction of sp³-hybridized carbons (Fsp3) is 0.833. The highest BCUT2D eigenvalue weighted by atomic mass is 16.5. The van der Waals surface area contributed by atoms with Crippen LogP contribution in [0.15, 0.2) is 4.52 Å². The first-order valence-electron chi connectivity index (χ1n) is 6.60. The van der Waals surface area contributed by atoms with E-state index in [1.807, 2.05) is 0 Å². The molecule has 0 amide bonds. The Morgan fingerprint density at radius 1 is 1.41 bits per heavy atom. The van der Waals surface area contributed by atoms with E-state index in [-0.39, 0.29) is 0 Å². The lowest BCUT2D eigenvalue weighted by Crippen LogP contribution is -2.25. The number of rotatable bonds is 6.